The van der Waals surface area contributed by atoms with Gasteiger partial charge in [-0.25, -0.2) is 4.79 Å². The molecule has 8 nitrogen and oxygen atoms in total. The highest BCUT2D eigenvalue weighted by Gasteiger charge is 2.60. The molecule has 4 fully saturated rings. The molecule has 4 aliphatic carbocycles. The van der Waals surface area contributed by atoms with Gasteiger partial charge in [-0.05, 0) is 79.6 Å². The van der Waals surface area contributed by atoms with Crippen LogP contribution in [0.2, 0.25) is 0 Å². The molecule has 1 aliphatic heterocycles. The smallest absolute Gasteiger partial charge is 0.335 e. The van der Waals surface area contributed by atoms with Gasteiger partial charge in [0.25, 0.3) is 0 Å². The van der Waals surface area contributed by atoms with Gasteiger partial charge in [-0.2, -0.15) is 0 Å². The lowest BCUT2D eigenvalue weighted by atomic mass is 9.47. The van der Waals surface area contributed by atoms with E-state index in [0.29, 0.717) is 24.2 Å². The fraction of sp³-hybridized carbons (Fsp3) is 0.840. The van der Waals surface area contributed by atoms with Gasteiger partial charge in [-0.15, -0.1) is 0 Å². The van der Waals surface area contributed by atoms with Gasteiger partial charge in [0.15, 0.2) is 18.2 Å². The number of carboxylic acid groups (broad SMARTS) is 1. The first kappa shape index (κ1) is 23.4. The van der Waals surface area contributed by atoms with Crippen LogP contribution in [0.1, 0.15) is 65.2 Å². The lowest BCUT2D eigenvalue weighted by molar-refractivity contribution is -0.312. The van der Waals surface area contributed by atoms with Crippen molar-refractivity contribution in [3.05, 3.63) is 11.6 Å². The molecule has 5 aliphatic rings. The Morgan fingerprint density at radius 1 is 1.00 bits per heavy atom. The number of carbonyl (C=O) groups excluding carboxylic acids is 1. The van der Waals surface area contributed by atoms with Crippen LogP contribution in [0.25, 0.3) is 0 Å². The van der Waals surface area contributed by atoms with Gasteiger partial charge in [0.1, 0.15) is 18.3 Å². The third-order valence-electron chi connectivity index (χ3n) is 9.99. The maximum absolute atomic E-state index is 12.0. The molecule has 0 aromatic rings. The van der Waals surface area contributed by atoms with E-state index in [2.05, 4.69) is 13.8 Å². The lowest BCUT2D eigenvalue weighted by Crippen LogP contribution is -2.61. The minimum atomic E-state index is -1.72. The Morgan fingerprint density at radius 2 is 1.76 bits per heavy atom. The first-order valence-electron chi connectivity index (χ1n) is 12.4. The molecule has 1 unspecified atom stereocenters. The van der Waals surface area contributed by atoms with E-state index in [9.17, 15) is 30.0 Å². The van der Waals surface area contributed by atoms with Crippen LogP contribution in [0.15, 0.2) is 11.6 Å². The number of carboxylic acids is 1. The molecule has 1 saturated heterocycles. The van der Waals surface area contributed by atoms with Gasteiger partial charge in [0.05, 0.1) is 6.10 Å². The van der Waals surface area contributed by atoms with Crippen molar-refractivity contribution in [2.24, 2.45) is 28.6 Å². The average Bonchev–Trinajstić information content (AvgIpc) is 3.10. The van der Waals surface area contributed by atoms with Crippen LogP contribution in [0.4, 0.5) is 0 Å². The number of carbonyl (C=O) groups is 2. The monoisotopic (exact) mass is 464 g/mol. The molecule has 33 heavy (non-hydrogen) atoms. The summed E-state index contributed by atoms with van der Waals surface area (Å²) in [5, 5.41) is 39.9. The van der Waals surface area contributed by atoms with Gasteiger partial charge in [-0.1, -0.05) is 19.4 Å². The van der Waals surface area contributed by atoms with E-state index >= 15 is 0 Å². The first-order chi connectivity index (χ1) is 15.6. The number of fused-ring (bicyclic) bond motifs is 5. The predicted octanol–water partition coefficient (Wildman–Crippen LogP) is 1.80. The molecule has 0 aromatic carbocycles. The second kappa shape index (κ2) is 8.12. The summed E-state index contributed by atoms with van der Waals surface area (Å²) in [5.74, 6) is 0.400. The van der Waals surface area contributed by atoms with Gasteiger partial charge >= 0.3 is 5.97 Å². The minimum Gasteiger partial charge on any atom is -0.479 e. The van der Waals surface area contributed by atoms with Gasteiger partial charge in [-0.3, -0.25) is 4.79 Å². The highest BCUT2D eigenvalue weighted by Crippen LogP contribution is 2.65. The Labute approximate surface area is 194 Å². The predicted molar refractivity (Wildman–Crippen MR) is 116 cm³/mol. The van der Waals surface area contributed by atoms with Crippen molar-refractivity contribution in [1.82, 2.24) is 0 Å². The number of allylic oxidation sites excluding steroid dienone is 1. The van der Waals surface area contributed by atoms with Crippen molar-refractivity contribution in [3.63, 3.8) is 0 Å². The number of ether oxygens (including phenoxy) is 2. The van der Waals surface area contributed by atoms with Crippen molar-refractivity contribution in [2.75, 3.05) is 0 Å². The molecule has 0 spiro atoms. The number of rotatable bonds is 3. The van der Waals surface area contributed by atoms with E-state index < -0.39 is 36.7 Å². The summed E-state index contributed by atoms with van der Waals surface area (Å²) >= 11 is 0. The van der Waals surface area contributed by atoms with E-state index in [-0.39, 0.29) is 22.7 Å². The average molecular weight is 465 g/mol. The molecule has 1 heterocycles. The van der Waals surface area contributed by atoms with Crippen molar-refractivity contribution in [2.45, 2.75) is 102 Å². The zero-order valence-corrected chi connectivity index (χ0v) is 19.4. The molecular weight excluding hydrogens is 428 g/mol. The Balaban J connectivity index is 1.34. The summed E-state index contributed by atoms with van der Waals surface area (Å²) in [7, 11) is 0. The van der Waals surface area contributed by atoms with Crippen LogP contribution >= 0.6 is 0 Å². The fourth-order valence-electron chi connectivity index (χ4n) is 8.06. The second-order valence-corrected chi connectivity index (χ2v) is 11.5. The number of aliphatic carboxylic acids is 1. The molecule has 0 amide bonds. The van der Waals surface area contributed by atoms with Crippen LogP contribution in [0.3, 0.4) is 0 Å². The number of ketones is 1. The summed E-state index contributed by atoms with van der Waals surface area (Å²) in [5.41, 5.74) is 1.29. The summed E-state index contributed by atoms with van der Waals surface area (Å²) in [6, 6.07) is 0. The van der Waals surface area contributed by atoms with E-state index in [1.165, 1.54) is 5.57 Å². The molecule has 11 atom stereocenters. The normalized spacial score (nSPS) is 51.8. The second-order valence-electron chi connectivity index (χ2n) is 11.5. The summed E-state index contributed by atoms with van der Waals surface area (Å²) in [6.45, 7) is 4.58. The van der Waals surface area contributed by atoms with Crippen molar-refractivity contribution in [1.29, 1.82) is 0 Å². The minimum absolute atomic E-state index is 0.0920. The van der Waals surface area contributed by atoms with Crippen LogP contribution in [-0.2, 0) is 19.1 Å². The van der Waals surface area contributed by atoms with Crippen LogP contribution in [0, 0.1) is 28.6 Å². The zero-order chi connectivity index (χ0) is 23.7. The van der Waals surface area contributed by atoms with Crippen molar-refractivity contribution < 1.29 is 39.5 Å². The fourth-order valence-corrected chi connectivity index (χ4v) is 8.06. The van der Waals surface area contributed by atoms with E-state index in [0.717, 1.165) is 44.9 Å². The van der Waals surface area contributed by atoms with Crippen molar-refractivity contribution in [3.8, 4) is 0 Å². The maximum Gasteiger partial charge on any atom is 0.335 e. The largest absolute Gasteiger partial charge is 0.479 e. The standard InChI is InChI=1S/C25H36O8/c1-24-9-7-13(26)11-12(24)3-4-14-15-5-6-17(25(15,2)10-8-16(14)24)32-23-20(29)18(27)19(28)21(33-23)22(30)31/h11,14-21,23,27-29H,3-10H2,1-2H3,(H,30,31)/t14-,15-,16-,17+,18-,19-,20+,21-,23?,24-,25-/m0/s1. The van der Waals surface area contributed by atoms with Crippen LogP contribution < -0.4 is 0 Å². The van der Waals surface area contributed by atoms with E-state index in [4.69, 9.17) is 9.47 Å². The molecule has 4 N–H and O–H groups in total. The molecule has 0 aromatic heterocycles. The van der Waals surface area contributed by atoms with E-state index in [1.807, 2.05) is 6.08 Å². The third-order valence-corrected chi connectivity index (χ3v) is 9.99. The number of aliphatic hydroxyl groups excluding tert-OH is 3. The zero-order valence-electron chi connectivity index (χ0n) is 19.4. The number of hydrogen-bond donors (Lipinski definition) is 4. The lowest BCUT2D eigenvalue weighted by Gasteiger charge is -2.58. The quantitative estimate of drug-likeness (QED) is 0.497. The number of hydrogen-bond acceptors (Lipinski definition) is 7. The third kappa shape index (κ3) is 3.52. The van der Waals surface area contributed by atoms with Gasteiger partial charge in [0, 0.05) is 6.42 Å². The molecule has 5 rings (SSSR count). The summed E-state index contributed by atoms with van der Waals surface area (Å²) in [4.78, 5) is 23.5. The Bertz CT molecular complexity index is 855. The molecule has 8 heteroatoms. The van der Waals surface area contributed by atoms with Crippen LogP contribution in [0.5, 0.6) is 0 Å². The van der Waals surface area contributed by atoms with Gasteiger partial charge in [0.2, 0.25) is 0 Å². The molecule has 3 saturated carbocycles. The topological polar surface area (TPSA) is 134 Å². The number of aliphatic hydroxyl groups is 3. The first-order valence-corrected chi connectivity index (χ1v) is 12.4. The highest BCUT2D eigenvalue weighted by molar-refractivity contribution is 5.91. The Hall–Kier alpha value is -1.32. The Morgan fingerprint density at radius 3 is 2.48 bits per heavy atom. The Kier molecular flexibility index (Phi) is 5.77. The van der Waals surface area contributed by atoms with Crippen molar-refractivity contribution >= 4 is 11.8 Å². The molecular formula is C25H36O8. The SMILES string of the molecule is C[C@]12CC[C@H]3[C@@H](CCC4=CC(=O)CC[C@@]43C)[C@@H]1CC[C@H]2OC1O[C@H](C(=O)O)[C@@H](O)[C@H](O)[C@H]1O. The molecule has 0 radical (unpaired) electrons. The maximum atomic E-state index is 12.0. The molecule has 0 bridgehead atoms. The van der Waals surface area contributed by atoms with E-state index in [1.54, 1.807) is 0 Å². The molecule has 184 valence electrons. The van der Waals surface area contributed by atoms with Gasteiger partial charge < -0.3 is 29.9 Å². The summed E-state index contributed by atoms with van der Waals surface area (Å²) < 4.78 is 11.6. The highest BCUT2D eigenvalue weighted by atomic mass is 16.7. The van der Waals surface area contributed by atoms with Crippen LogP contribution in [-0.4, -0.2) is 69.0 Å². The summed E-state index contributed by atoms with van der Waals surface area (Å²) in [6.07, 6.45) is 1.24.